The normalized spacial score (nSPS) is 20.9. The second kappa shape index (κ2) is 4.96. The van der Waals surface area contributed by atoms with Crippen molar-refractivity contribution in [3.8, 4) is 0 Å². The van der Waals surface area contributed by atoms with Gasteiger partial charge in [-0.05, 0) is 18.6 Å². The minimum absolute atomic E-state index is 0. The molecule has 0 saturated carbocycles. The molecule has 1 aromatic heterocycles. The van der Waals surface area contributed by atoms with Gasteiger partial charge < -0.3 is 5.32 Å². The second-order valence-electron chi connectivity index (χ2n) is 3.29. The standard InChI is InChI=1S/C10H12N2O.ClH/c13-10-5-4-8(7-12-10)9-3-1-2-6-11-9;/h1-3,6,8H,4-5,7H2,(H,12,13);1H. The fourth-order valence-electron chi connectivity index (χ4n) is 1.60. The van der Waals surface area contributed by atoms with E-state index in [1.165, 1.54) is 0 Å². The van der Waals surface area contributed by atoms with E-state index in [1.807, 2.05) is 18.2 Å². The fraction of sp³-hybridized carbons (Fsp3) is 0.400. The van der Waals surface area contributed by atoms with Gasteiger partial charge in [0.1, 0.15) is 0 Å². The summed E-state index contributed by atoms with van der Waals surface area (Å²) in [6.07, 6.45) is 3.34. The molecule has 0 bridgehead atoms. The monoisotopic (exact) mass is 212 g/mol. The number of carbonyl (C=O) groups excluding carboxylic acids is 1. The van der Waals surface area contributed by atoms with Crippen LogP contribution in [0.15, 0.2) is 24.4 Å². The van der Waals surface area contributed by atoms with Crippen molar-refractivity contribution in [2.24, 2.45) is 0 Å². The third kappa shape index (κ3) is 2.45. The highest BCUT2D eigenvalue weighted by atomic mass is 35.5. The van der Waals surface area contributed by atoms with Gasteiger partial charge in [0.05, 0.1) is 0 Å². The molecule has 0 spiro atoms. The molecule has 0 aromatic carbocycles. The van der Waals surface area contributed by atoms with E-state index < -0.39 is 0 Å². The zero-order valence-electron chi connectivity index (χ0n) is 7.77. The highest BCUT2D eigenvalue weighted by Gasteiger charge is 2.19. The number of amides is 1. The predicted molar refractivity (Wildman–Crippen MR) is 56.5 cm³/mol. The number of hydrogen-bond donors (Lipinski definition) is 1. The van der Waals surface area contributed by atoms with Crippen molar-refractivity contribution in [2.75, 3.05) is 6.54 Å². The lowest BCUT2D eigenvalue weighted by Gasteiger charge is -2.21. The molecular formula is C10H13ClN2O. The molecule has 1 unspecified atom stereocenters. The van der Waals surface area contributed by atoms with Gasteiger partial charge in [0.15, 0.2) is 0 Å². The maximum Gasteiger partial charge on any atom is 0.220 e. The quantitative estimate of drug-likeness (QED) is 0.767. The van der Waals surface area contributed by atoms with Crippen LogP contribution in [0.1, 0.15) is 24.5 Å². The molecule has 0 aliphatic carbocycles. The maximum atomic E-state index is 10.9. The summed E-state index contributed by atoms with van der Waals surface area (Å²) < 4.78 is 0. The van der Waals surface area contributed by atoms with Crippen LogP contribution >= 0.6 is 12.4 Å². The zero-order valence-corrected chi connectivity index (χ0v) is 8.59. The van der Waals surface area contributed by atoms with Crippen LogP contribution in [0.5, 0.6) is 0 Å². The first-order valence-corrected chi connectivity index (χ1v) is 4.54. The molecule has 1 aliphatic rings. The molecule has 14 heavy (non-hydrogen) atoms. The van der Waals surface area contributed by atoms with Crippen molar-refractivity contribution < 1.29 is 4.79 Å². The van der Waals surface area contributed by atoms with Crippen LogP contribution in [-0.4, -0.2) is 17.4 Å². The van der Waals surface area contributed by atoms with Crippen LogP contribution in [0.2, 0.25) is 0 Å². The van der Waals surface area contributed by atoms with E-state index in [0.717, 1.165) is 18.7 Å². The predicted octanol–water partition coefficient (Wildman–Crippen LogP) is 1.50. The summed E-state index contributed by atoms with van der Waals surface area (Å²) in [6, 6.07) is 5.91. The molecule has 1 amide bonds. The van der Waals surface area contributed by atoms with Crippen LogP contribution in [0.25, 0.3) is 0 Å². The summed E-state index contributed by atoms with van der Waals surface area (Å²) in [7, 11) is 0. The number of pyridine rings is 1. The Bertz CT molecular complexity index is 292. The van der Waals surface area contributed by atoms with E-state index in [4.69, 9.17) is 0 Å². The molecule has 1 saturated heterocycles. The highest BCUT2D eigenvalue weighted by Crippen LogP contribution is 2.20. The molecule has 4 heteroatoms. The maximum absolute atomic E-state index is 10.9. The first kappa shape index (κ1) is 11.0. The summed E-state index contributed by atoms with van der Waals surface area (Å²) >= 11 is 0. The lowest BCUT2D eigenvalue weighted by atomic mass is 9.95. The van der Waals surface area contributed by atoms with Gasteiger partial charge in [0, 0.05) is 30.8 Å². The van der Waals surface area contributed by atoms with E-state index in [1.54, 1.807) is 6.20 Å². The minimum atomic E-state index is 0. The number of hydrogen-bond acceptors (Lipinski definition) is 2. The van der Waals surface area contributed by atoms with Crippen molar-refractivity contribution in [3.05, 3.63) is 30.1 Å². The second-order valence-corrected chi connectivity index (χ2v) is 3.29. The summed E-state index contributed by atoms with van der Waals surface area (Å²) in [5.41, 5.74) is 1.09. The number of rotatable bonds is 1. The van der Waals surface area contributed by atoms with Crippen molar-refractivity contribution in [1.82, 2.24) is 10.3 Å². The lowest BCUT2D eigenvalue weighted by molar-refractivity contribution is -0.122. The molecule has 0 radical (unpaired) electrons. The number of carbonyl (C=O) groups is 1. The van der Waals surface area contributed by atoms with E-state index in [-0.39, 0.29) is 18.3 Å². The van der Waals surface area contributed by atoms with Crippen molar-refractivity contribution in [3.63, 3.8) is 0 Å². The van der Waals surface area contributed by atoms with Crippen molar-refractivity contribution in [1.29, 1.82) is 0 Å². The Morgan fingerprint density at radius 3 is 2.86 bits per heavy atom. The van der Waals surface area contributed by atoms with E-state index >= 15 is 0 Å². The van der Waals surface area contributed by atoms with Gasteiger partial charge in [-0.1, -0.05) is 6.07 Å². The van der Waals surface area contributed by atoms with Crippen LogP contribution in [0, 0.1) is 0 Å². The van der Waals surface area contributed by atoms with Crippen LogP contribution in [-0.2, 0) is 4.79 Å². The van der Waals surface area contributed by atoms with E-state index in [2.05, 4.69) is 10.3 Å². The summed E-state index contributed by atoms with van der Waals surface area (Å²) in [5.74, 6) is 0.561. The average molecular weight is 213 g/mol. The molecule has 2 heterocycles. The first-order chi connectivity index (χ1) is 6.36. The SMILES string of the molecule is Cl.O=C1CCC(c2ccccn2)CN1. The topological polar surface area (TPSA) is 42.0 Å². The molecule has 3 nitrogen and oxygen atoms in total. The Balaban J connectivity index is 0.000000980. The Morgan fingerprint density at radius 1 is 1.43 bits per heavy atom. The van der Waals surface area contributed by atoms with Crippen LogP contribution in [0.4, 0.5) is 0 Å². The molecule has 2 rings (SSSR count). The molecule has 1 fully saturated rings. The smallest absolute Gasteiger partial charge is 0.220 e. The lowest BCUT2D eigenvalue weighted by Crippen LogP contribution is -2.33. The van der Waals surface area contributed by atoms with Gasteiger partial charge in [-0.15, -0.1) is 12.4 Å². The number of nitrogens with one attached hydrogen (secondary N) is 1. The Morgan fingerprint density at radius 2 is 2.29 bits per heavy atom. The number of aromatic nitrogens is 1. The summed E-state index contributed by atoms with van der Waals surface area (Å²) in [4.78, 5) is 15.2. The number of nitrogens with zero attached hydrogens (tertiary/aromatic N) is 1. The Kier molecular flexibility index (Phi) is 3.89. The van der Waals surface area contributed by atoms with Gasteiger partial charge in [-0.25, -0.2) is 0 Å². The van der Waals surface area contributed by atoms with Crippen molar-refractivity contribution >= 4 is 18.3 Å². The molecular weight excluding hydrogens is 200 g/mol. The van der Waals surface area contributed by atoms with E-state index in [0.29, 0.717) is 12.3 Å². The Labute approximate surface area is 89.3 Å². The van der Waals surface area contributed by atoms with Crippen LogP contribution < -0.4 is 5.32 Å². The first-order valence-electron chi connectivity index (χ1n) is 4.54. The third-order valence-electron chi connectivity index (χ3n) is 2.37. The van der Waals surface area contributed by atoms with Crippen molar-refractivity contribution in [2.45, 2.75) is 18.8 Å². The van der Waals surface area contributed by atoms with Gasteiger partial charge >= 0.3 is 0 Å². The van der Waals surface area contributed by atoms with Crippen LogP contribution in [0.3, 0.4) is 0 Å². The van der Waals surface area contributed by atoms with Gasteiger partial charge in [-0.3, -0.25) is 9.78 Å². The highest BCUT2D eigenvalue weighted by molar-refractivity contribution is 5.85. The molecule has 1 aromatic rings. The summed E-state index contributed by atoms with van der Waals surface area (Å²) in [6.45, 7) is 0.732. The Hall–Kier alpha value is -1.09. The average Bonchev–Trinajstić information content (AvgIpc) is 2.20. The summed E-state index contributed by atoms with van der Waals surface area (Å²) in [5, 5.41) is 2.85. The number of piperidine rings is 1. The van der Waals surface area contributed by atoms with Gasteiger partial charge in [-0.2, -0.15) is 0 Å². The number of halogens is 1. The fourth-order valence-corrected chi connectivity index (χ4v) is 1.60. The van der Waals surface area contributed by atoms with Gasteiger partial charge in [0.2, 0.25) is 5.91 Å². The van der Waals surface area contributed by atoms with Gasteiger partial charge in [0.25, 0.3) is 0 Å². The molecule has 1 aliphatic heterocycles. The zero-order chi connectivity index (χ0) is 9.10. The largest absolute Gasteiger partial charge is 0.355 e. The third-order valence-corrected chi connectivity index (χ3v) is 2.37. The molecule has 1 atom stereocenters. The molecule has 76 valence electrons. The minimum Gasteiger partial charge on any atom is -0.355 e. The molecule has 1 N–H and O–H groups in total. The van der Waals surface area contributed by atoms with E-state index in [9.17, 15) is 4.79 Å².